The third kappa shape index (κ3) is 5.07. The van der Waals surface area contributed by atoms with E-state index in [2.05, 4.69) is 9.98 Å². The Kier molecular flexibility index (Phi) is 6.06. The molecule has 0 heterocycles. The molecule has 23 heavy (non-hydrogen) atoms. The highest BCUT2D eigenvalue weighted by Crippen LogP contribution is 2.14. The Morgan fingerprint density at radius 3 is 2.04 bits per heavy atom. The minimum atomic E-state index is -0.517. The molecule has 0 bridgehead atoms. The van der Waals surface area contributed by atoms with Crippen molar-refractivity contribution in [2.45, 2.75) is 12.5 Å². The maximum absolute atomic E-state index is 11.1. The van der Waals surface area contributed by atoms with E-state index in [9.17, 15) is 15.0 Å². The lowest BCUT2D eigenvalue weighted by molar-refractivity contribution is -0.108. The SMILES string of the molecule is O=CC(CCN=Cc1ccccc1O)N=Cc1ccccc1O. The number of nitrogens with zero attached hydrogens (tertiary/aromatic N) is 2. The number of aldehydes is 1. The number of aliphatic imine (C=N–C) groups is 2. The van der Waals surface area contributed by atoms with E-state index in [0.29, 0.717) is 24.1 Å². The second-order valence-electron chi connectivity index (χ2n) is 4.92. The van der Waals surface area contributed by atoms with Gasteiger partial charge in [-0.15, -0.1) is 0 Å². The molecule has 5 heteroatoms. The van der Waals surface area contributed by atoms with E-state index < -0.39 is 6.04 Å². The van der Waals surface area contributed by atoms with E-state index in [4.69, 9.17) is 0 Å². The van der Waals surface area contributed by atoms with Gasteiger partial charge in [-0.1, -0.05) is 24.3 Å². The Morgan fingerprint density at radius 2 is 1.48 bits per heavy atom. The van der Waals surface area contributed by atoms with Gasteiger partial charge >= 0.3 is 0 Å². The molecular formula is C18H18N2O3. The first-order chi connectivity index (χ1) is 11.2. The summed E-state index contributed by atoms with van der Waals surface area (Å²) < 4.78 is 0. The first-order valence-corrected chi connectivity index (χ1v) is 7.25. The lowest BCUT2D eigenvalue weighted by Gasteiger charge is -2.03. The summed E-state index contributed by atoms with van der Waals surface area (Å²) in [6.45, 7) is 0.413. The minimum absolute atomic E-state index is 0.124. The van der Waals surface area contributed by atoms with E-state index in [1.54, 1.807) is 48.7 Å². The standard InChI is InChI=1S/C18H18N2O3/c21-13-16(20-12-15-6-2-4-8-18(15)23)9-10-19-11-14-5-1-3-7-17(14)22/h1-8,11-13,16,22-23H,9-10H2. The van der Waals surface area contributed by atoms with E-state index in [-0.39, 0.29) is 11.5 Å². The molecule has 0 aliphatic heterocycles. The number of phenolic OH excluding ortho intramolecular Hbond substituents is 2. The Labute approximate surface area is 134 Å². The quantitative estimate of drug-likeness (QED) is 0.609. The molecule has 0 aliphatic rings. The van der Waals surface area contributed by atoms with Crippen molar-refractivity contribution in [1.82, 2.24) is 0 Å². The molecule has 0 radical (unpaired) electrons. The summed E-state index contributed by atoms with van der Waals surface area (Å²) >= 11 is 0. The molecule has 0 saturated heterocycles. The van der Waals surface area contributed by atoms with Gasteiger partial charge in [-0.2, -0.15) is 0 Å². The number of aromatic hydroxyl groups is 2. The van der Waals surface area contributed by atoms with Gasteiger partial charge in [0.1, 0.15) is 23.8 Å². The maximum Gasteiger partial charge on any atom is 0.144 e. The molecule has 2 aromatic rings. The Bertz CT molecular complexity index is 711. The fraction of sp³-hybridized carbons (Fsp3) is 0.167. The molecule has 1 atom stereocenters. The van der Waals surface area contributed by atoms with Crippen molar-refractivity contribution in [1.29, 1.82) is 0 Å². The molecule has 0 aliphatic carbocycles. The number of phenols is 2. The van der Waals surface area contributed by atoms with Crippen LogP contribution in [-0.2, 0) is 4.79 Å². The largest absolute Gasteiger partial charge is 0.507 e. The van der Waals surface area contributed by atoms with Gasteiger partial charge in [0.05, 0.1) is 0 Å². The maximum atomic E-state index is 11.1. The van der Waals surface area contributed by atoms with Crippen LogP contribution in [0.2, 0.25) is 0 Å². The summed E-state index contributed by atoms with van der Waals surface area (Å²) in [5.41, 5.74) is 1.20. The van der Waals surface area contributed by atoms with E-state index >= 15 is 0 Å². The molecule has 2 aromatic carbocycles. The third-order valence-corrected chi connectivity index (χ3v) is 3.22. The van der Waals surface area contributed by atoms with Gasteiger partial charge in [0.2, 0.25) is 0 Å². The van der Waals surface area contributed by atoms with Crippen molar-refractivity contribution in [3.05, 3.63) is 59.7 Å². The van der Waals surface area contributed by atoms with Gasteiger partial charge in [-0.25, -0.2) is 0 Å². The van der Waals surface area contributed by atoms with Crippen LogP contribution in [0, 0.1) is 0 Å². The van der Waals surface area contributed by atoms with Crippen molar-refractivity contribution in [2.75, 3.05) is 6.54 Å². The summed E-state index contributed by atoms with van der Waals surface area (Å²) in [5, 5.41) is 19.2. The zero-order chi connectivity index (χ0) is 16.5. The lowest BCUT2D eigenvalue weighted by atomic mass is 10.2. The molecule has 0 saturated carbocycles. The van der Waals surface area contributed by atoms with Crippen LogP contribution in [0.4, 0.5) is 0 Å². The van der Waals surface area contributed by atoms with E-state index in [1.165, 1.54) is 6.21 Å². The Morgan fingerprint density at radius 1 is 0.913 bits per heavy atom. The van der Waals surface area contributed by atoms with Gasteiger partial charge in [0, 0.05) is 30.1 Å². The average Bonchev–Trinajstić information content (AvgIpc) is 2.57. The zero-order valence-electron chi connectivity index (χ0n) is 12.5. The highest BCUT2D eigenvalue weighted by Gasteiger charge is 2.04. The summed E-state index contributed by atoms with van der Waals surface area (Å²) in [6, 6.07) is 13.2. The van der Waals surface area contributed by atoms with Gasteiger partial charge in [-0.3, -0.25) is 9.98 Å². The predicted molar refractivity (Wildman–Crippen MR) is 90.7 cm³/mol. The highest BCUT2D eigenvalue weighted by atomic mass is 16.3. The predicted octanol–water partition coefficient (Wildman–Crippen LogP) is 2.59. The Balaban J connectivity index is 1.89. The van der Waals surface area contributed by atoms with Crippen LogP contribution >= 0.6 is 0 Å². The number of rotatable bonds is 7. The first kappa shape index (κ1) is 16.4. The number of carbonyl (C=O) groups excluding carboxylic acids is 1. The van der Waals surface area contributed by atoms with Crippen LogP contribution in [0.3, 0.4) is 0 Å². The number of hydrogen-bond donors (Lipinski definition) is 2. The molecule has 0 aromatic heterocycles. The topological polar surface area (TPSA) is 82.2 Å². The number of para-hydroxylation sites is 2. The smallest absolute Gasteiger partial charge is 0.144 e. The molecule has 2 N–H and O–H groups in total. The molecule has 0 fully saturated rings. The monoisotopic (exact) mass is 310 g/mol. The van der Waals surface area contributed by atoms with Crippen LogP contribution in [0.15, 0.2) is 58.5 Å². The summed E-state index contributed by atoms with van der Waals surface area (Å²) in [4.78, 5) is 19.4. The summed E-state index contributed by atoms with van der Waals surface area (Å²) in [5.74, 6) is 0.291. The van der Waals surface area contributed by atoms with E-state index in [0.717, 1.165) is 6.29 Å². The van der Waals surface area contributed by atoms with Crippen molar-refractivity contribution in [2.24, 2.45) is 9.98 Å². The fourth-order valence-corrected chi connectivity index (χ4v) is 1.92. The average molecular weight is 310 g/mol. The highest BCUT2D eigenvalue weighted by molar-refractivity contribution is 5.84. The number of hydrogen-bond acceptors (Lipinski definition) is 5. The van der Waals surface area contributed by atoms with Gasteiger partial charge in [0.25, 0.3) is 0 Å². The van der Waals surface area contributed by atoms with Crippen LogP contribution in [0.25, 0.3) is 0 Å². The van der Waals surface area contributed by atoms with Crippen molar-refractivity contribution in [3.63, 3.8) is 0 Å². The van der Waals surface area contributed by atoms with Crippen molar-refractivity contribution in [3.8, 4) is 11.5 Å². The first-order valence-electron chi connectivity index (χ1n) is 7.25. The van der Waals surface area contributed by atoms with Gasteiger partial charge in [-0.05, 0) is 30.7 Å². The molecule has 1 unspecified atom stereocenters. The fourth-order valence-electron chi connectivity index (χ4n) is 1.92. The van der Waals surface area contributed by atoms with Crippen LogP contribution in [0.1, 0.15) is 17.5 Å². The van der Waals surface area contributed by atoms with Crippen LogP contribution in [-0.4, -0.2) is 41.5 Å². The molecule has 5 nitrogen and oxygen atoms in total. The second-order valence-corrected chi connectivity index (χ2v) is 4.92. The normalized spacial score (nSPS) is 12.7. The third-order valence-electron chi connectivity index (χ3n) is 3.22. The molecule has 0 amide bonds. The van der Waals surface area contributed by atoms with Crippen molar-refractivity contribution < 1.29 is 15.0 Å². The Hall–Kier alpha value is -2.95. The molecule has 2 rings (SSSR count). The second kappa shape index (κ2) is 8.48. The summed E-state index contributed by atoms with van der Waals surface area (Å²) in [6.07, 6.45) is 4.27. The number of carbonyl (C=O) groups is 1. The molecule has 118 valence electrons. The summed E-state index contributed by atoms with van der Waals surface area (Å²) in [7, 11) is 0. The lowest BCUT2D eigenvalue weighted by Crippen LogP contribution is -2.08. The minimum Gasteiger partial charge on any atom is -0.507 e. The van der Waals surface area contributed by atoms with Crippen LogP contribution in [0.5, 0.6) is 11.5 Å². The van der Waals surface area contributed by atoms with E-state index in [1.807, 2.05) is 6.07 Å². The van der Waals surface area contributed by atoms with Crippen LogP contribution < -0.4 is 0 Å². The molecule has 0 spiro atoms. The number of benzene rings is 2. The van der Waals surface area contributed by atoms with Gasteiger partial charge in [0.15, 0.2) is 0 Å². The molecular weight excluding hydrogens is 292 g/mol. The zero-order valence-corrected chi connectivity index (χ0v) is 12.5. The van der Waals surface area contributed by atoms with Gasteiger partial charge < -0.3 is 15.0 Å². The van der Waals surface area contributed by atoms with Crippen molar-refractivity contribution >= 4 is 18.7 Å².